The van der Waals surface area contributed by atoms with Crippen LogP contribution in [0.2, 0.25) is 0 Å². The minimum Gasteiger partial charge on any atom is -0.469 e. The molecule has 26 heavy (non-hydrogen) atoms. The fraction of sp³-hybridized carbons (Fsp3) is 0.550. The summed E-state index contributed by atoms with van der Waals surface area (Å²) in [7, 11) is 1.39. The monoisotopic (exact) mass is 360 g/mol. The number of nitrogens with one attached hydrogen (secondary N) is 1. The minimum absolute atomic E-state index is 0.00687. The molecule has 1 fully saturated rings. The van der Waals surface area contributed by atoms with Crippen LogP contribution in [-0.4, -0.2) is 42.9 Å². The summed E-state index contributed by atoms with van der Waals surface area (Å²) < 4.78 is 4.77. The van der Waals surface area contributed by atoms with E-state index in [1.54, 1.807) is 29.2 Å². The molecule has 6 nitrogen and oxygen atoms in total. The van der Waals surface area contributed by atoms with Crippen molar-refractivity contribution in [1.29, 1.82) is 0 Å². The van der Waals surface area contributed by atoms with Gasteiger partial charge in [0.25, 0.3) is 5.91 Å². The van der Waals surface area contributed by atoms with Gasteiger partial charge in [-0.15, -0.1) is 0 Å². The maximum atomic E-state index is 12.6. The molecule has 0 aliphatic carbocycles. The number of likely N-dealkylation sites (tertiary alicyclic amines) is 1. The van der Waals surface area contributed by atoms with Gasteiger partial charge in [0.05, 0.1) is 13.0 Å². The summed E-state index contributed by atoms with van der Waals surface area (Å²) in [4.78, 5) is 38.1. The number of amides is 2. The van der Waals surface area contributed by atoms with Crippen LogP contribution in [0.5, 0.6) is 0 Å². The van der Waals surface area contributed by atoms with Crippen molar-refractivity contribution < 1.29 is 19.1 Å². The number of esters is 1. The number of carbonyl (C=O) groups excluding carboxylic acids is 3. The molecule has 6 heteroatoms. The number of piperidine rings is 1. The first-order chi connectivity index (χ1) is 12.5. The third-order valence-corrected chi connectivity index (χ3v) is 5.07. The van der Waals surface area contributed by atoms with E-state index in [0.717, 1.165) is 12.8 Å². The van der Waals surface area contributed by atoms with Gasteiger partial charge in [-0.2, -0.15) is 0 Å². The smallest absolute Gasteiger partial charge is 0.308 e. The molecule has 0 aromatic heterocycles. The Morgan fingerprint density at radius 2 is 1.69 bits per heavy atom. The lowest BCUT2D eigenvalue weighted by atomic mass is 9.96. The number of hydrogen-bond acceptors (Lipinski definition) is 4. The quantitative estimate of drug-likeness (QED) is 0.791. The molecule has 1 aliphatic heterocycles. The number of hydrogen-bond donors (Lipinski definition) is 1. The van der Waals surface area contributed by atoms with Gasteiger partial charge in [-0.05, 0) is 49.9 Å². The minimum atomic E-state index is -0.199. The number of ether oxygens (including phenoxy) is 1. The standard InChI is InChI=1S/C20H28N2O4/c1-4-14(5-2)18(23)21-17-8-6-15(7-9-17)19(24)22-12-10-16(11-13-22)20(25)26-3/h6-9,14,16H,4-5,10-13H2,1-3H3,(H,21,23). The average molecular weight is 360 g/mol. The van der Waals surface area contributed by atoms with Crippen LogP contribution in [0.25, 0.3) is 0 Å². The Morgan fingerprint density at radius 3 is 2.19 bits per heavy atom. The summed E-state index contributed by atoms with van der Waals surface area (Å²) in [6.45, 7) is 5.09. The van der Waals surface area contributed by atoms with Crippen LogP contribution >= 0.6 is 0 Å². The lowest BCUT2D eigenvalue weighted by molar-refractivity contribution is -0.146. The van der Waals surface area contributed by atoms with E-state index in [4.69, 9.17) is 4.74 Å². The first-order valence-electron chi connectivity index (χ1n) is 9.28. The zero-order chi connectivity index (χ0) is 19.1. The van der Waals surface area contributed by atoms with E-state index in [0.29, 0.717) is 37.2 Å². The zero-order valence-corrected chi connectivity index (χ0v) is 15.8. The molecule has 1 heterocycles. The van der Waals surface area contributed by atoms with Gasteiger partial charge in [0, 0.05) is 30.3 Å². The lowest BCUT2D eigenvalue weighted by Crippen LogP contribution is -2.40. The lowest BCUT2D eigenvalue weighted by Gasteiger charge is -2.30. The Labute approximate surface area is 154 Å². The molecular formula is C20H28N2O4. The van der Waals surface area contributed by atoms with Gasteiger partial charge < -0.3 is 15.0 Å². The highest BCUT2D eigenvalue weighted by molar-refractivity contribution is 5.96. The Balaban J connectivity index is 1.93. The van der Waals surface area contributed by atoms with E-state index in [9.17, 15) is 14.4 Å². The van der Waals surface area contributed by atoms with Gasteiger partial charge in [0.15, 0.2) is 0 Å². The molecule has 0 atom stereocenters. The normalized spacial score (nSPS) is 15.0. The van der Waals surface area contributed by atoms with Crippen LogP contribution in [0, 0.1) is 11.8 Å². The molecule has 1 N–H and O–H groups in total. The number of anilines is 1. The highest BCUT2D eigenvalue weighted by atomic mass is 16.5. The van der Waals surface area contributed by atoms with E-state index in [1.165, 1.54) is 7.11 Å². The van der Waals surface area contributed by atoms with Gasteiger partial charge in [-0.1, -0.05) is 13.8 Å². The number of rotatable bonds is 6. The van der Waals surface area contributed by atoms with Crippen molar-refractivity contribution >= 4 is 23.5 Å². The molecule has 1 aliphatic rings. The molecule has 0 bridgehead atoms. The van der Waals surface area contributed by atoms with E-state index in [1.807, 2.05) is 13.8 Å². The van der Waals surface area contributed by atoms with Gasteiger partial charge in [0.2, 0.25) is 5.91 Å². The molecular weight excluding hydrogens is 332 g/mol. The predicted octanol–water partition coefficient (Wildman–Crippen LogP) is 3.09. The van der Waals surface area contributed by atoms with Crippen molar-refractivity contribution in [3.63, 3.8) is 0 Å². The van der Waals surface area contributed by atoms with Crippen molar-refractivity contribution in [3.05, 3.63) is 29.8 Å². The van der Waals surface area contributed by atoms with Gasteiger partial charge >= 0.3 is 5.97 Å². The van der Waals surface area contributed by atoms with Crippen LogP contribution in [0.15, 0.2) is 24.3 Å². The van der Waals surface area contributed by atoms with E-state index in [2.05, 4.69) is 5.32 Å². The largest absolute Gasteiger partial charge is 0.469 e. The van der Waals surface area contributed by atoms with Crippen LogP contribution < -0.4 is 5.32 Å². The number of benzene rings is 1. The second-order valence-corrected chi connectivity index (χ2v) is 6.67. The Bertz CT molecular complexity index is 630. The Kier molecular flexibility index (Phi) is 7.18. The van der Waals surface area contributed by atoms with Crippen molar-refractivity contribution in [2.75, 3.05) is 25.5 Å². The summed E-state index contributed by atoms with van der Waals surface area (Å²) >= 11 is 0. The SMILES string of the molecule is CCC(CC)C(=O)Nc1ccc(C(=O)N2CCC(C(=O)OC)CC2)cc1. The number of carbonyl (C=O) groups is 3. The molecule has 2 rings (SSSR count). The third kappa shape index (κ3) is 4.84. The van der Waals surface area contributed by atoms with E-state index < -0.39 is 0 Å². The van der Waals surface area contributed by atoms with Crippen molar-refractivity contribution in [3.8, 4) is 0 Å². The van der Waals surface area contributed by atoms with Crippen LogP contribution in [0.1, 0.15) is 49.9 Å². The second kappa shape index (κ2) is 9.36. The summed E-state index contributed by atoms with van der Waals surface area (Å²) in [6.07, 6.45) is 2.87. The summed E-state index contributed by atoms with van der Waals surface area (Å²) in [5.41, 5.74) is 1.28. The van der Waals surface area contributed by atoms with Crippen LogP contribution in [0.3, 0.4) is 0 Å². The number of methoxy groups -OCH3 is 1. The molecule has 0 saturated carbocycles. The second-order valence-electron chi connectivity index (χ2n) is 6.67. The topological polar surface area (TPSA) is 75.7 Å². The Morgan fingerprint density at radius 1 is 1.12 bits per heavy atom. The predicted molar refractivity (Wildman–Crippen MR) is 99.8 cm³/mol. The van der Waals surface area contributed by atoms with E-state index in [-0.39, 0.29) is 29.6 Å². The van der Waals surface area contributed by atoms with Crippen LogP contribution in [-0.2, 0) is 14.3 Å². The highest BCUT2D eigenvalue weighted by Crippen LogP contribution is 2.21. The van der Waals surface area contributed by atoms with Crippen molar-refractivity contribution in [1.82, 2.24) is 4.90 Å². The average Bonchev–Trinajstić information content (AvgIpc) is 2.68. The van der Waals surface area contributed by atoms with E-state index >= 15 is 0 Å². The van der Waals surface area contributed by atoms with Crippen molar-refractivity contribution in [2.45, 2.75) is 39.5 Å². The van der Waals surface area contributed by atoms with Crippen molar-refractivity contribution in [2.24, 2.45) is 11.8 Å². The fourth-order valence-electron chi connectivity index (χ4n) is 3.27. The molecule has 0 spiro atoms. The first kappa shape index (κ1) is 19.9. The third-order valence-electron chi connectivity index (χ3n) is 5.07. The summed E-state index contributed by atoms with van der Waals surface area (Å²) in [5, 5.41) is 2.90. The molecule has 142 valence electrons. The van der Waals surface area contributed by atoms with Gasteiger partial charge in [-0.25, -0.2) is 0 Å². The van der Waals surface area contributed by atoms with Crippen LogP contribution in [0.4, 0.5) is 5.69 Å². The molecule has 1 saturated heterocycles. The zero-order valence-electron chi connectivity index (χ0n) is 15.8. The molecule has 0 radical (unpaired) electrons. The molecule has 0 unspecified atom stereocenters. The maximum Gasteiger partial charge on any atom is 0.308 e. The van der Waals surface area contributed by atoms with Gasteiger partial charge in [-0.3, -0.25) is 14.4 Å². The first-order valence-corrected chi connectivity index (χ1v) is 9.28. The van der Waals surface area contributed by atoms with Gasteiger partial charge in [0.1, 0.15) is 0 Å². The Hall–Kier alpha value is -2.37. The summed E-state index contributed by atoms with van der Waals surface area (Å²) in [5.74, 6) is -0.348. The number of nitrogens with zero attached hydrogens (tertiary/aromatic N) is 1. The highest BCUT2D eigenvalue weighted by Gasteiger charge is 2.28. The molecule has 1 aromatic rings. The molecule has 1 aromatic carbocycles. The summed E-state index contributed by atoms with van der Waals surface area (Å²) in [6, 6.07) is 6.98. The molecule has 2 amide bonds. The maximum absolute atomic E-state index is 12.6. The fourth-order valence-corrected chi connectivity index (χ4v) is 3.27.